The summed E-state index contributed by atoms with van der Waals surface area (Å²) in [6.07, 6.45) is 1.19. The van der Waals surface area contributed by atoms with Crippen molar-refractivity contribution < 1.29 is 32.6 Å². The molecule has 1 aromatic carbocycles. The Morgan fingerprint density at radius 3 is 2.35 bits per heavy atom. The Balaban J connectivity index is 2.54. The number of alkyl halides is 2. The van der Waals surface area contributed by atoms with Gasteiger partial charge < -0.3 is 15.2 Å². The monoisotopic (exact) mass is 328 g/mol. The number of ether oxygens (including phenoxy) is 2. The molecular formula is C14H14F2N2O5. The minimum Gasteiger partial charge on any atom is -0.449 e. The van der Waals surface area contributed by atoms with Crippen LogP contribution in [0.1, 0.15) is 12.5 Å². The highest BCUT2D eigenvalue weighted by Crippen LogP contribution is 2.15. The van der Waals surface area contributed by atoms with Crippen LogP contribution in [0.25, 0.3) is 6.08 Å². The standard InChI is InChI=1S/C14H14F2N2O5/c1-8(12(20)18-14(17)21)22-11(19)7-4-9-2-5-10(6-3-9)23-13(15)16/h2-8,13H,1H3,(H3,17,18,20,21)/b7-4+. The molecule has 0 radical (unpaired) electrons. The molecule has 3 amide bonds. The third-order valence-electron chi connectivity index (χ3n) is 2.43. The van der Waals surface area contributed by atoms with Gasteiger partial charge in [-0.2, -0.15) is 8.78 Å². The minimum atomic E-state index is -2.92. The molecule has 3 N–H and O–H groups in total. The van der Waals surface area contributed by atoms with E-state index in [0.717, 1.165) is 6.08 Å². The summed E-state index contributed by atoms with van der Waals surface area (Å²) in [5.74, 6) is -1.70. The quantitative estimate of drug-likeness (QED) is 0.607. The van der Waals surface area contributed by atoms with E-state index in [9.17, 15) is 23.2 Å². The summed E-state index contributed by atoms with van der Waals surface area (Å²) in [4.78, 5) is 33.3. The molecule has 124 valence electrons. The molecule has 0 heterocycles. The smallest absolute Gasteiger partial charge is 0.387 e. The highest BCUT2D eigenvalue weighted by Gasteiger charge is 2.17. The first kappa shape index (κ1) is 18.1. The number of rotatable bonds is 6. The predicted octanol–water partition coefficient (Wildman–Crippen LogP) is 1.43. The third-order valence-corrected chi connectivity index (χ3v) is 2.43. The van der Waals surface area contributed by atoms with Crippen molar-refractivity contribution in [3.8, 4) is 5.75 Å². The van der Waals surface area contributed by atoms with Gasteiger partial charge in [-0.15, -0.1) is 0 Å². The van der Waals surface area contributed by atoms with E-state index in [1.54, 1.807) is 5.32 Å². The Hall–Kier alpha value is -2.97. The Kier molecular flexibility index (Phi) is 6.66. The van der Waals surface area contributed by atoms with Crippen molar-refractivity contribution >= 4 is 24.0 Å². The second kappa shape index (κ2) is 8.47. The number of nitrogens with two attached hydrogens (primary N) is 1. The van der Waals surface area contributed by atoms with Gasteiger partial charge in [-0.1, -0.05) is 12.1 Å². The van der Waals surface area contributed by atoms with E-state index >= 15 is 0 Å². The number of urea groups is 1. The molecule has 0 aliphatic heterocycles. The van der Waals surface area contributed by atoms with Crippen LogP contribution in [0.15, 0.2) is 30.3 Å². The van der Waals surface area contributed by atoms with Crippen molar-refractivity contribution in [2.45, 2.75) is 19.6 Å². The highest BCUT2D eigenvalue weighted by molar-refractivity contribution is 5.97. The minimum absolute atomic E-state index is 0.0172. The molecule has 1 atom stereocenters. The number of imide groups is 1. The number of carbonyl (C=O) groups is 3. The molecular weight excluding hydrogens is 314 g/mol. The van der Waals surface area contributed by atoms with E-state index < -0.39 is 30.6 Å². The second-order valence-corrected chi connectivity index (χ2v) is 4.21. The van der Waals surface area contributed by atoms with Crippen molar-refractivity contribution in [3.63, 3.8) is 0 Å². The molecule has 0 aromatic heterocycles. The number of halogens is 2. The molecule has 0 saturated carbocycles. The van der Waals surface area contributed by atoms with Crippen molar-refractivity contribution in [1.82, 2.24) is 5.32 Å². The van der Waals surface area contributed by atoms with E-state index in [1.807, 2.05) is 0 Å². The topological polar surface area (TPSA) is 108 Å². The van der Waals surface area contributed by atoms with Gasteiger partial charge in [0.2, 0.25) is 0 Å². The van der Waals surface area contributed by atoms with Crippen LogP contribution in [0.5, 0.6) is 5.75 Å². The summed E-state index contributed by atoms with van der Waals surface area (Å²) in [5.41, 5.74) is 5.28. The number of benzene rings is 1. The fraction of sp³-hybridized carbons (Fsp3) is 0.214. The molecule has 1 aromatic rings. The first-order valence-corrected chi connectivity index (χ1v) is 6.32. The zero-order chi connectivity index (χ0) is 17.4. The molecule has 0 aliphatic carbocycles. The van der Waals surface area contributed by atoms with E-state index in [4.69, 9.17) is 10.5 Å². The summed E-state index contributed by atoms with van der Waals surface area (Å²) >= 11 is 0. The number of hydrogen-bond acceptors (Lipinski definition) is 5. The third kappa shape index (κ3) is 7.02. The fourth-order valence-electron chi connectivity index (χ4n) is 1.41. The van der Waals surface area contributed by atoms with Crippen LogP contribution < -0.4 is 15.8 Å². The SMILES string of the molecule is CC(OC(=O)/C=C/c1ccc(OC(F)F)cc1)C(=O)NC(N)=O. The number of primary amides is 1. The Morgan fingerprint density at radius 1 is 1.22 bits per heavy atom. The Bertz CT molecular complexity index is 602. The van der Waals surface area contributed by atoms with E-state index in [2.05, 4.69) is 4.74 Å². The van der Waals surface area contributed by atoms with Gasteiger partial charge >= 0.3 is 18.6 Å². The van der Waals surface area contributed by atoms with Gasteiger partial charge in [-0.3, -0.25) is 10.1 Å². The van der Waals surface area contributed by atoms with Crippen LogP contribution in [-0.4, -0.2) is 30.6 Å². The highest BCUT2D eigenvalue weighted by atomic mass is 19.3. The van der Waals surface area contributed by atoms with Crippen LogP contribution in [0.2, 0.25) is 0 Å². The average molecular weight is 328 g/mol. The van der Waals surface area contributed by atoms with Crippen LogP contribution in [0, 0.1) is 0 Å². The van der Waals surface area contributed by atoms with E-state index in [1.165, 1.54) is 37.3 Å². The molecule has 0 bridgehead atoms. The van der Waals surface area contributed by atoms with E-state index in [0.29, 0.717) is 5.56 Å². The molecule has 23 heavy (non-hydrogen) atoms. The van der Waals surface area contributed by atoms with Crippen molar-refractivity contribution in [2.24, 2.45) is 5.73 Å². The largest absolute Gasteiger partial charge is 0.449 e. The summed E-state index contributed by atoms with van der Waals surface area (Å²) in [6.45, 7) is -1.65. The lowest BCUT2D eigenvalue weighted by Gasteiger charge is -2.10. The second-order valence-electron chi connectivity index (χ2n) is 4.21. The van der Waals surface area contributed by atoms with Crippen molar-refractivity contribution in [1.29, 1.82) is 0 Å². The lowest BCUT2D eigenvalue weighted by molar-refractivity contribution is -0.149. The van der Waals surface area contributed by atoms with Gasteiger partial charge in [0.1, 0.15) is 5.75 Å². The van der Waals surface area contributed by atoms with Crippen LogP contribution in [-0.2, 0) is 14.3 Å². The maximum Gasteiger partial charge on any atom is 0.387 e. The van der Waals surface area contributed by atoms with E-state index in [-0.39, 0.29) is 5.75 Å². The van der Waals surface area contributed by atoms with Crippen LogP contribution in [0.4, 0.5) is 13.6 Å². The molecule has 0 aliphatic rings. The summed E-state index contributed by atoms with van der Waals surface area (Å²) < 4.78 is 32.9. The Labute approximate surface area is 130 Å². The number of nitrogens with one attached hydrogen (secondary N) is 1. The lowest BCUT2D eigenvalue weighted by atomic mass is 10.2. The molecule has 0 saturated heterocycles. The summed E-state index contributed by atoms with van der Waals surface area (Å²) in [5, 5.41) is 1.77. The van der Waals surface area contributed by atoms with Gasteiger partial charge in [-0.25, -0.2) is 9.59 Å². The van der Waals surface area contributed by atoms with Gasteiger partial charge in [0.25, 0.3) is 5.91 Å². The first-order chi connectivity index (χ1) is 10.8. The average Bonchev–Trinajstić information content (AvgIpc) is 2.45. The summed E-state index contributed by atoms with van der Waals surface area (Å²) in [6, 6.07) is 4.45. The van der Waals surface area contributed by atoms with Crippen molar-refractivity contribution in [3.05, 3.63) is 35.9 Å². The number of amides is 3. The number of esters is 1. The maximum absolute atomic E-state index is 12.0. The van der Waals surface area contributed by atoms with Gasteiger partial charge in [0.05, 0.1) is 0 Å². The van der Waals surface area contributed by atoms with Crippen molar-refractivity contribution in [2.75, 3.05) is 0 Å². The summed E-state index contributed by atoms with van der Waals surface area (Å²) in [7, 11) is 0. The maximum atomic E-state index is 12.0. The lowest BCUT2D eigenvalue weighted by Crippen LogP contribution is -2.42. The van der Waals surface area contributed by atoms with Gasteiger partial charge in [-0.05, 0) is 30.7 Å². The molecule has 7 nitrogen and oxygen atoms in total. The molecule has 1 unspecified atom stereocenters. The molecule has 1 rings (SSSR count). The number of carbonyl (C=O) groups excluding carboxylic acids is 3. The van der Waals surface area contributed by atoms with Crippen LogP contribution in [0.3, 0.4) is 0 Å². The zero-order valence-corrected chi connectivity index (χ0v) is 12.0. The predicted molar refractivity (Wildman–Crippen MR) is 75.4 cm³/mol. The zero-order valence-electron chi connectivity index (χ0n) is 12.0. The van der Waals surface area contributed by atoms with Gasteiger partial charge in [0.15, 0.2) is 6.10 Å². The normalized spacial score (nSPS) is 12.0. The Morgan fingerprint density at radius 2 is 1.83 bits per heavy atom. The molecule has 0 fully saturated rings. The fourth-order valence-corrected chi connectivity index (χ4v) is 1.41. The molecule has 9 heteroatoms. The van der Waals surface area contributed by atoms with Crippen LogP contribution >= 0.6 is 0 Å². The first-order valence-electron chi connectivity index (χ1n) is 6.32. The molecule has 0 spiro atoms. The van der Waals surface area contributed by atoms with Gasteiger partial charge in [0, 0.05) is 6.08 Å². The number of hydrogen-bond donors (Lipinski definition) is 2.